The lowest BCUT2D eigenvalue weighted by Gasteiger charge is -2.37. The maximum Gasteiger partial charge on any atom is 0.240 e. The fourth-order valence-electron chi connectivity index (χ4n) is 3.88. The minimum absolute atomic E-state index is 0.0732. The van der Waals surface area contributed by atoms with Crippen LogP contribution < -0.4 is 4.90 Å². The highest BCUT2D eigenvalue weighted by Gasteiger charge is 2.32. The van der Waals surface area contributed by atoms with Crippen LogP contribution in [0.2, 0.25) is 0 Å². The van der Waals surface area contributed by atoms with E-state index in [-0.39, 0.29) is 11.9 Å². The summed E-state index contributed by atoms with van der Waals surface area (Å²) in [7, 11) is 2.06. The molecule has 6 nitrogen and oxygen atoms in total. The number of benzene rings is 1. The zero-order valence-corrected chi connectivity index (χ0v) is 17.1. The molecule has 0 bridgehead atoms. The SMILES string of the molecule is CN1CCCC1C(=O)N1CCN(c2cncc(SCc3ccccc3)n2)CC1. The summed E-state index contributed by atoms with van der Waals surface area (Å²) in [5.74, 6) is 2.08. The van der Waals surface area contributed by atoms with Gasteiger partial charge in [-0.05, 0) is 32.0 Å². The Morgan fingerprint density at radius 3 is 2.61 bits per heavy atom. The van der Waals surface area contributed by atoms with Crippen LogP contribution in [0.25, 0.3) is 0 Å². The largest absolute Gasteiger partial charge is 0.352 e. The van der Waals surface area contributed by atoms with Crippen molar-refractivity contribution in [2.75, 3.05) is 44.7 Å². The third-order valence-electron chi connectivity index (χ3n) is 5.55. The van der Waals surface area contributed by atoms with Gasteiger partial charge in [-0.1, -0.05) is 30.3 Å². The molecule has 0 N–H and O–H groups in total. The zero-order valence-electron chi connectivity index (χ0n) is 16.3. The first-order valence-electron chi connectivity index (χ1n) is 9.93. The van der Waals surface area contributed by atoms with Gasteiger partial charge in [0, 0.05) is 31.9 Å². The molecule has 3 heterocycles. The highest BCUT2D eigenvalue weighted by molar-refractivity contribution is 7.98. The molecule has 1 aromatic carbocycles. The predicted molar refractivity (Wildman–Crippen MR) is 112 cm³/mol. The number of anilines is 1. The first-order valence-corrected chi connectivity index (χ1v) is 10.9. The van der Waals surface area contributed by atoms with Crippen LogP contribution in [0.3, 0.4) is 0 Å². The topological polar surface area (TPSA) is 52.6 Å². The third kappa shape index (κ3) is 4.47. The van der Waals surface area contributed by atoms with Gasteiger partial charge in [-0.15, -0.1) is 11.8 Å². The molecule has 1 unspecified atom stereocenters. The Kier molecular flexibility index (Phi) is 6.12. The first kappa shape index (κ1) is 19.2. The molecular weight excluding hydrogens is 370 g/mol. The third-order valence-corrected chi connectivity index (χ3v) is 6.52. The Balaban J connectivity index is 1.32. The molecule has 1 amide bonds. The molecule has 2 saturated heterocycles. The fourth-order valence-corrected chi connectivity index (χ4v) is 4.68. The van der Waals surface area contributed by atoms with E-state index >= 15 is 0 Å². The lowest BCUT2D eigenvalue weighted by molar-refractivity contribution is -0.135. The van der Waals surface area contributed by atoms with E-state index in [1.54, 1.807) is 11.8 Å². The summed E-state index contributed by atoms with van der Waals surface area (Å²) in [5.41, 5.74) is 1.28. The van der Waals surface area contributed by atoms with Crippen molar-refractivity contribution in [3.8, 4) is 0 Å². The number of aromatic nitrogens is 2. The Hall–Kier alpha value is -2.12. The van der Waals surface area contributed by atoms with Crippen LogP contribution in [0, 0.1) is 0 Å². The number of likely N-dealkylation sites (N-methyl/N-ethyl adjacent to an activating group) is 1. The molecule has 7 heteroatoms. The first-order chi connectivity index (χ1) is 13.7. The van der Waals surface area contributed by atoms with Gasteiger partial charge in [0.25, 0.3) is 0 Å². The molecule has 2 aliphatic heterocycles. The Morgan fingerprint density at radius 1 is 1.11 bits per heavy atom. The molecule has 148 valence electrons. The second kappa shape index (κ2) is 8.92. The minimum Gasteiger partial charge on any atom is -0.352 e. The van der Waals surface area contributed by atoms with Gasteiger partial charge >= 0.3 is 0 Å². The Morgan fingerprint density at radius 2 is 1.89 bits per heavy atom. The van der Waals surface area contributed by atoms with Crippen LogP contribution in [0.1, 0.15) is 18.4 Å². The molecule has 0 saturated carbocycles. The smallest absolute Gasteiger partial charge is 0.240 e. The molecule has 0 spiro atoms. The lowest BCUT2D eigenvalue weighted by atomic mass is 10.1. The van der Waals surface area contributed by atoms with E-state index in [9.17, 15) is 4.79 Å². The van der Waals surface area contributed by atoms with E-state index in [0.29, 0.717) is 0 Å². The molecule has 2 aliphatic rings. The van der Waals surface area contributed by atoms with Gasteiger partial charge in [0.15, 0.2) is 0 Å². The summed E-state index contributed by atoms with van der Waals surface area (Å²) < 4.78 is 0. The highest BCUT2D eigenvalue weighted by atomic mass is 32.2. The highest BCUT2D eigenvalue weighted by Crippen LogP contribution is 2.23. The predicted octanol–water partition coefficient (Wildman–Crippen LogP) is 2.51. The van der Waals surface area contributed by atoms with Gasteiger partial charge in [0.05, 0.1) is 18.4 Å². The molecule has 1 aromatic heterocycles. The summed E-state index contributed by atoms with van der Waals surface area (Å²) in [6, 6.07) is 10.5. The van der Waals surface area contributed by atoms with Gasteiger partial charge in [0.2, 0.25) is 5.91 Å². The zero-order chi connectivity index (χ0) is 19.3. The average molecular weight is 398 g/mol. The number of hydrogen-bond acceptors (Lipinski definition) is 6. The maximum atomic E-state index is 12.8. The molecule has 28 heavy (non-hydrogen) atoms. The molecule has 0 aliphatic carbocycles. The summed E-state index contributed by atoms with van der Waals surface area (Å²) in [6.07, 6.45) is 5.76. The summed E-state index contributed by atoms with van der Waals surface area (Å²) in [5, 5.41) is 0.937. The minimum atomic E-state index is 0.0732. The van der Waals surface area contributed by atoms with Crippen molar-refractivity contribution in [2.45, 2.75) is 29.7 Å². The number of rotatable bonds is 5. The molecule has 2 aromatic rings. The van der Waals surface area contributed by atoms with Crippen LogP contribution in [-0.4, -0.2) is 71.5 Å². The van der Waals surface area contributed by atoms with Crippen LogP contribution >= 0.6 is 11.8 Å². The van der Waals surface area contributed by atoms with Crippen molar-refractivity contribution in [3.63, 3.8) is 0 Å². The van der Waals surface area contributed by atoms with Crippen molar-refractivity contribution in [2.24, 2.45) is 0 Å². The van der Waals surface area contributed by atoms with Crippen LogP contribution in [0.4, 0.5) is 5.82 Å². The average Bonchev–Trinajstić information content (AvgIpc) is 3.19. The number of nitrogens with zero attached hydrogens (tertiary/aromatic N) is 5. The second-order valence-electron chi connectivity index (χ2n) is 7.44. The van der Waals surface area contributed by atoms with Gasteiger partial charge in [0.1, 0.15) is 10.8 Å². The van der Waals surface area contributed by atoms with E-state index in [0.717, 1.165) is 62.2 Å². The summed E-state index contributed by atoms with van der Waals surface area (Å²) in [4.78, 5) is 28.4. The Bertz CT molecular complexity index is 794. The molecule has 0 radical (unpaired) electrons. The quantitative estimate of drug-likeness (QED) is 0.723. The van der Waals surface area contributed by atoms with Gasteiger partial charge in [-0.3, -0.25) is 14.7 Å². The van der Waals surface area contributed by atoms with Crippen molar-refractivity contribution in [3.05, 3.63) is 48.3 Å². The summed E-state index contributed by atoms with van der Waals surface area (Å²) >= 11 is 1.70. The van der Waals surface area contributed by atoms with Crippen molar-refractivity contribution >= 4 is 23.5 Å². The van der Waals surface area contributed by atoms with Crippen molar-refractivity contribution < 1.29 is 4.79 Å². The maximum absolute atomic E-state index is 12.8. The molecule has 2 fully saturated rings. The van der Waals surface area contributed by atoms with Crippen LogP contribution in [0.5, 0.6) is 0 Å². The lowest BCUT2D eigenvalue weighted by Crippen LogP contribution is -2.53. The van der Waals surface area contributed by atoms with Crippen molar-refractivity contribution in [1.29, 1.82) is 0 Å². The number of carbonyl (C=O) groups excluding carboxylic acids is 1. The van der Waals surface area contributed by atoms with Gasteiger partial charge < -0.3 is 9.80 Å². The van der Waals surface area contributed by atoms with Crippen LogP contribution in [0.15, 0.2) is 47.8 Å². The Labute approximate surface area is 170 Å². The monoisotopic (exact) mass is 397 g/mol. The summed E-state index contributed by atoms with van der Waals surface area (Å²) in [6.45, 7) is 4.16. The number of amides is 1. The normalized spacial score (nSPS) is 20.5. The molecule has 1 atom stereocenters. The number of hydrogen-bond donors (Lipinski definition) is 0. The number of thioether (sulfide) groups is 1. The number of likely N-dealkylation sites (tertiary alicyclic amines) is 1. The number of piperazine rings is 1. The van der Waals surface area contributed by atoms with E-state index in [2.05, 4.69) is 46.1 Å². The van der Waals surface area contributed by atoms with Gasteiger partial charge in [-0.2, -0.15) is 0 Å². The fraction of sp³-hybridized carbons (Fsp3) is 0.476. The molecule has 4 rings (SSSR count). The van der Waals surface area contributed by atoms with E-state index in [4.69, 9.17) is 4.98 Å². The van der Waals surface area contributed by atoms with Gasteiger partial charge in [-0.25, -0.2) is 4.98 Å². The van der Waals surface area contributed by atoms with E-state index in [1.165, 1.54) is 5.56 Å². The second-order valence-corrected chi connectivity index (χ2v) is 8.44. The van der Waals surface area contributed by atoms with E-state index in [1.807, 2.05) is 23.4 Å². The molecular formula is C21H27N5OS. The number of carbonyl (C=O) groups is 1. The van der Waals surface area contributed by atoms with Crippen molar-refractivity contribution in [1.82, 2.24) is 19.8 Å². The standard InChI is InChI=1S/C21H27N5OS/c1-24-9-5-8-18(24)21(27)26-12-10-25(11-13-26)19-14-22-15-20(23-19)28-16-17-6-3-2-4-7-17/h2-4,6-7,14-15,18H,5,8-13,16H2,1H3. The van der Waals surface area contributed by atoms with E-state index < -0.39 is 0 Å². The van der Waals surface area contributed by atoms with Crippen LogP contribution in [-0.2, 0) is 10.5 Å².